The molecule has 0 amide bonds. The zero-order valence-corrected chi connectivity index (χ0v) is 18.0. The summed E-state index contributed by atoms with van der Waals surface area (Å²) in [4.78, 5) is 12.8. The number of nitrogens with two attached hydrogens (primary N) is 1. The maximum atomic E-state index is 12.8. The highest BCUT2D eigenvalue weighted by Gasteiger charge is 2.16. The molecular formula is C25H24ClNO3. The maximum absolute atomic E-state index is 12.8. The Kier molecular flexibility index (Phi) is 6.48. The van der Waals surface area contributed by atoms with Gasteiger partial charge in [-0.05, 0) is 60.9 Å². The first kappa shape index (κ1) is 21.5. The second-order valence-corrected chi connectivity index (χ2v) is 7.47. The van der Waals surface area contributed by atoms with E-state index in [-0.39, 0.29) is 5.63 Å². The highest BCUT2D eigenvalue weighted by molar-refractivity contribution is 6.33. The summed E-state index contributed by atoms with van der Waals surface area (Å²) in [7, 11) is 1.60. The molecule has 0 aliphatic carbocycles. The number of halogens is 1. The zero-order chi connectivity index (χ0) is 21.8. The number of fused-ring (bicyclic) bond motifs is 1. The van der Waals surface area contributed by atoms with Gasteiger partial charge in [0.2, 0.25) is 0 Å². The molecule has 0 spiro atoms. The van der Waals surface area contributed by atoms with E-state index in [1.54, 1.807) is 19.3 Å². The van der Waals surface area contributed by atoms with Gasteiger partial charge in [0, 0.05) is 33.6 Å². The van der Waals surface area contributed by atoms with Crippen molar-refractivity contribution in [2.45, 2.75) is 20.3 Å². The Morgan fingerprint density at radius 1 is 1.30 bits per heavy atom. The van der Waals surface area contributed by atoms with Crippen LogP contribution >= 0.6 is 11.6 Å². The Morgan fingerprint density at radius 3 is 2.73 bits per heavy atom. The van der Waals surface area contributed by atoms with Crippen molar-refractivity contribution in [3.05, 3.63) is 105 Å². The topological polar surface area (TPSA) is 65.5 Å². The van der Waals surface area contributed by atoms with Gasteiger partial charge in [-0.15, -0.1) is 0 Å². The standard InChI is InChI=1S/C25H24ClNO3/c1-5-7-18(10-15(2)29-4)22-14-24-20(13-23(22)26)16(3)21(25(28)30-24)12-17-8-6-9-19(27)11-17/h5-11,13-14H,1,12,27H2,2-4H3/b15-10+,18-7+. The molecule has 4 nitrogen and oxygen atoms in total. The van der Waals surface area contributed by atoms with Gasteiger partial charge in [-0.3, -0.25) is 0 Å². The van der Waals surface area contributed by atoms with Crippen molar-refractivity contribution in [3.63, 3.8) is 0 Å². The number of aryl methyl sites for hydroxylation is 1. The quantitative estimate of drug-likeness (QED) is 0.228. The van der Waals surface area contributed by atoms with Gasteiger partial charge in [0.25, 0.3) is 0 Å². The first-order valence-corrected chi connectivity index (χ1v) is 9.87. The summed E-state index contributed by atoms with van der Waals surface area (Å²) in [5.74, 6) is 0.717. The number of hydrogen-bond acceptors (Lipinski definition) is 4. The number of methoxy groups -OCH3 is 1. The SMILES string of the molecule is C=C/C=C(\C=C(/C)OC)c1cc2oc(=O)c(Cc3cccc(N)c3)c(C)c2cc1Cl. The molecule has 154 valence electrons. The van der Waals surface area contributed by atoms with Crippen molar-refractivity contribution in [2.24, 2.45) is 0 Å². The number of benzene rings is 2. The third-order valence-corrected chi connectivity index (χ3v) is 5.31. The van der Waals surface area contributed by atoms with Crippen LogP contribution < -0.4 is 11.4 Å². The second-order valence-electron chi connectivity index (χ2n) is 7.06. The van der Waals surface area contributed by atoms with Crippen LogP contribution in [0.1, 0.15) is 29.2 Å². The lowest BCUT2D eigenvalue weighted by molar-refractivity contribution is 0.294. The van der Waals surface area contributed by atoms with Crippen molar-refractivity contribution in [1.29, 1.82) is 0 Å². The molecule has 0 bridgehead atoms. The molecule has 0 radical (unpaired) electrons. The molecule has 0 saturated carbocycles. The Hall–Kier alpha value is -3.24. The third-order valence-electron chi connectivity index (χ3n) is 5.00. The van der Waals surface area contributed by atoms with E-state index in [0.717, 1.165) is 33.4 Å². The molecule has 0 unspecified atom stereocenters. The largest absolute Gasteiger partial charge is 0.501 e. The number of rotatable bonds is 6. The molecule has 0 fully saturated rings. The average Bonchev–Trinajstić information content (AvgIpc) is 2.71. The van der Waals surface area contributed by atoms with Gasteiger partial charge in [0.1, 0.15) is 5.58 Å². The van der Waals surface area contributed by atoms with Crippen LogP contribution in [0.3, 0.4) is 0 Å². The van der Waals surface area contributed by atoms with Crippen molar-refractivity contribution in [2.75, 3.05) is 12.8 Å². The number of allylic oxidation sites excluding steroid dienone is 5. The molecular weight excluding hydrogens is 398 g/mol. The number of anilines is 1. The Balaban J connectivity index is 2.15. The van der Waals surface area contributed by atoms with E-state index in [1.807, 2.05) is 56.3 Å². The van der Waals surface area contributed by atoms with Crippen molar-refractivity contribution in [1.82, 2.24) is 0 Å². The highest BCUT2D eigenvalue weighted by atomic mass is 35.5. The van der Waals surface area contributed by atoms with Crippen LogP contribution in [0.15, 0.2) is 76.2 Å². The molecule has 3 aromatic rings. The number of hydrogen-bond donors (Lipinski definition) is 1. The third kappa shape index (κ3) is 4.50. The monoisotopic (exact) mass is 421 g/mol. The molecule has 2 N–H and O–H groups in total. The van der Waals surface area contributed by atoms with Gasteiger partial charge in [-0.25, -0.2) is 4.79 Å². The first-order valence-electron chi connectivity index (χ1n) is 9.49. The summed E-state index contributed by atoms with van der Waals surface area (Å²) < 4.78 is 10.9. The van der Waals surface area contributed by atoms with Gasteiger partial charge in [-0.2, -0.15) is 0 Å². The van der Waals surface area contributed by atoms with Gasteiger partial charge in [0.15, 0.2) is 0 Å². The number of ether oxygens (including phenoxy) is 1. The molecule has 30 heavy (non-hydrogen) atoms. The first-order chi connectivity index (χ1) is 14.3. The van der Waals surface area contributed by atoms with Gasteiger partial charge < -0.3 is 14.9 Å². The molecule has 5 heteroatoms. The van der Waals surface area contributed by atoms with Crippen LogP contribution in [0, 0.1) is 6.92 Å². The van der Waals surface area contributed by atoms with Crippen LogP contribution in [0.4, 0.5) is 5.69 Å². The lowest BCUT2D eigenvalue weighted by atomic mass is 9.97. The van der Waals surface area contributed by atoms with Crippen molar-refractivity contribution >= 4 is 33.8 Å². The Labute approximate surface area is 180 Å². The molecule has 0 atom stereocenters. The summed E-state index contributed by atoms with van der Waals surface area (Å²) in [5.41, 5.74) is 10.6. The fourth-order valence-electron chi connectivity index (χ4n) is 3.36. The summed E-state index contributed by atoms with van der Waals surface area (Å²) >= 11 is 6.62. The molecule has 0 aliphatic rings. The normalized spacial score (nSPS) is 12.3. The summed E-state index contributed by atoms with van der Waals surface area (Å²) in [5, 5.41) is 1.34. The minimum absolute atomic E-state index is 0.367. The predicted octanol–water partition coefficient (Wildman–Crippen LogP) is 6.05. The molecule has 0 saturated heterocycles. The maximum Gasteiger partial charge on any atom is 0.340 e. The second kappa shape index (κ2) is 9.06. The zero-order valence-electron chi connectivity index (χ0n) is 17.3. The predicted molar refractivity (Wildman–Crippen MR) is 125 cm³/mol. The fraction of sp³-hybridized carbons (Fsp3) is 0.160. The number of nitrogen functional groups attached to an aromatic ring is 1. The van der Waals surface area contributed by atoms with Crippen LogP contribution in [0.25, 0.3) is 16.5 Å². The van der Waals surface area contributed by atoms with Gasteiger partial charge in [-0.1, -0.05) is 42.5 Å². The molecule has 1 heterocycles. The minimum Gasteiger partial charge on any atom is -0.501 e. The average molecular weight is 422 g/mol. The van der Waals surface area contributed by atoms with E-state index in [9.17, 15) is 4.79 Å². The van der Waals surface area contributed by atoms with E-state index in [0.29, 0.717) is 28.3 Å². The van der Waals surface area contributed by atoms with Gasteiger partial charge >= 0.3 is 5.63 Å². The highest BCUT2D eigenvalue weighted by Crippen LogP contribution is 2.32. The van der Waals surface area contributed by atoms with Crippen LogP contribution in [-0.4, -0.2) is 7.11 Å². The van der Waals surface area contributed by atoms with Crippen molar-refractivity contribution in [3.8, 4) is 0 Å². The van der Waals surface area contributed by atoms with Crippen LogP contribution in [0.2, 0.25) is 5.02 Å². The van der Waals surface area contributed by atoms with Crippen LogP contribution in [-0.2, 0) is 11.2 Å². The van der Waals surface area contributed by atoms with E-state index in [4.69, 9.17) is 26.5 Å². The Bertz CT molecular complexity index is 1240. The summed E-state index contributed by atoms with van der Waals surface area (Å²) in [6.07, 6.45) is 5.79. The lowest BCUT2D eigenvalue weighted by Crippen LogP contribution is -2.11. The van der Waals surface area contributed by atoms with E-state index < -0.39 is 0 Å². The minimum atomic E-state index is -0.367. The smallest absolute Gasteiger partial charge is 0.340 e. The lowest BCUT2D eigenvalue weighted by Gasteiger charge is -2.12. The molecule has 3 rings (SSSR count). The summed E-state index contributed by atoms with van der Waals surface area (Å²) in [6.45, 7) is 7.52. The van der Waals surface area contributed by atoms with E-state index in [2.05, 4.69) is 6.58 Å². The fourth-order valence-corrected chi connectivity index (χ4v) is 3.63. The van der Waals surface area contributed by atoms with Gasteiger partial charge in [0.05, 0.1) is 12.9 Å². The van der Waals surface area contributed by atoms with Crippen molar-refractivity contribution < 1.29 is 9.15 Å². The summed E-state index contributed by atoms with van der Waals surface area (Å²) in [6, 6.07) is 11.1. The van der Waals surface area contributed by atoms with E-state index in [1.165, 1.54) is 0 Å². The Morgan fingerprint density at radius 2 is 2.07 bits per heavy atom. The molecule has 1 aromatic heterocycles. The molecule has 0 aliphatic heterocycles. The molecule has 2 aromatic carbocycles. The van der Waals surface area contributed by atoms with E-state index >= 15 is 0 Å². The van der Waals surface area contributed by atoms with Crippen LogP contribution in [0.5, 0.6) is 0 Å².